The minimum atomic E-state index is 0.530. The molecule has 0 atom stereocenters. The zero-order valence-electron chi connectivity index (χ0n) is 14.3. The van der Waals surface area contributed by atoms with E-state index in [1.54, 1.807) is 0 Å². The van der Waals surface area contributed by atoms with Gasteiger partial charge in [0.25, 0.3) is 0 Å². The standard InChI is InChI=1S/C20H28N2S/c1-13-4-3-5-18(14(13)2)22-19(23)21-12-20-9-15-6-16(10-20)8-17(7-15)11-20/h3-5,15-17H,6-12H2,1-2H3,(H2,21,22,23). The van der Waals surface area contributed by atoms with Crippen molar-refractivity contribution in [1.29, 1.82) is 0 Å². The Kier molecular flexibility index (Phi) is 3.87. The SMILES string of the molecule is Cc1cccc(NC(=S)NCC23CC4CC(CC(C4)C2)C3)c1C. The van der Waals surface area contributed by atoms with E-state index in [9.17, 15) is 0 Å². The van der Waals surface area contributed by atoms with Crippen LogP contribution in [-0.4, -0.2) is 11.7 Å². The first-order valence-electron chi connectivity index (χ1n) is 9.14. The summed E-state index contributed by atoms with van der Waals surface area (Å²) in [6, 6.07) is 6.35. The average Bonchev–Trinajstić information content (AvgIpc) is 2.49. The zero-order valence-corrected chi connectivity index (χ0v) is 15.1. The summed E-state index contributed by atoms with van der Waals surface area (Å²) in [6.45, 7) is 5.36. The average molecular weight is 329 g/mol. The summed E-state index contributed by atoms with van der Waals surface area (Å²) in [7, 11) is 0. The molecule has 1 aromatic rings. The summed E-state index contributed by atoms with van der Waals surface area (Å²) < 4.78 is 0. The molecular weight excluding hydrogens is 300 g/mol. The fourth-order valence-corrected chi connectivity index (χ4v) is 6.01. The molecule has 4 saturated carbocycles. The third-order valence-electron chi connectivity index (χ3n) is 6.64. The van der Waals surface area contributed by atoms with Crippen LogP contribution in [0.25, 0.3) is 0 Å². The molecule has 0 unspecified atom stereocenters. The molecule has 4 aliphatic rings. The molecule has 4 aliphatic carbocycles. The minimum Gasteiger partial charge on any atom is -0.362 e. The molecule has 23 heavy (non-hydrogen) atoms. The largest absolute Gasteiger partial charge is 0.362 e. The number of hydrogen-bond donors (Lipinski definition) is 2. The van der Waals surface area contributed by atoms with Crippen molar-refractivity contribution in [2.75, 3.05) is 11.9 Å². The van der Waals surface area contributed by atoms with Gasteiger partial charge in [0.15, 0.2) is 5.11 Å². The lowest BCUT2D eigenvalue weighted by Crippen LogP contribution is -2.51. The van der Waals surface area contributed by atoms with Gasteiger partial charge in [-0.3, -0.25) is 0 Å². The highest BCUT2D eigenvalue weighted by Crippen LogP contribution is 2.59. The number of anilines is 1. The molecule has 0 saturated heterocycles. The Hall–Kier alpha value is -1.09. The van der Waals surface area contributed by atoms with Crippen LogP contribution in [0.1, 0.15) is 49.7 Å². The Morgan fingerprint density at radius 2 is 1.70 bits per heavy atom. The van der Waals surface area contributed by atoms with Crippen molar-refractivity contribution in [2.24, 2.45) is 23.2 Å². The molecule has 0 spiro atoms. The number of nitrogens with one attached hydrogen (secondary N) is 2. The Morgan fingerprint density at radius 1 is 1.09 bits per heavy atom. The van der Waals surface area contributed by atoms with Crippen LogP contribution in [0.4, 0.5) is 5.69 Å². The molecule has 0 aliphatic heterocycles. The second kappa shape index (κ2) is 5.77. The van der Waals surface area contributed by atoms with E-state index in [1.165, 1.54) is 49.7 Å². The van der Waals surface area contributed by atoms with Crippen LogP contribution in [0, 0.1) is 37.0 Å². The van der Waals surface area contributed by atoms with Gasteiger partial charge in [-0.2, -0.15) is 0 Å². The number of hydrogen-bond acceptors (Lipinski definition) is 1. The molecule has 4 bridgehead atoms. The van der Waals surface area contributed by atoms with Crippen LogP contribution in [0.15, 0.2) is 18.2 Å². The third kappa shape index (κ3) is 3.00. The predicted octanol–water partition coefficient (Wildman–Crippen LogP) is 4.81. The lowest BCUT2D eigenvalue weighted by atomic mass is 9.49. The van der Waals surface area contributed by atoms with Crippen molar-refractivity contribution < 1.29 is 0 Å². The van der Waals surface area contributed by atoms with Gasteiger partial charge < -0.3 is 10.6 Å². The summed E-state index contributed by atoms with van der Waals surface area (Å²) in [5.74, 6) is 3.01. The van der Waals surface area contributed by atoms with Crippen LogP contribution < -0.4 is 10.6 Å². The number of rotatable bonds is 3. The van der Waals surface area contributed by atoms with Gasteiger partial charge in [-0.1, -0.05) is 12.1 Å². The Morgan fingerprint density at radius 3 is 2.30 bits per heavy atom. The van der Waals surface area contributed by atoms with E-state index in [2.05, 4.69) is 42.7 Å². The minimum absolute atomic E-state index is 0.530. The summed E-state index contributed by atoms with van der Waals surface area (Å²) in [4.78, 5) is 0. The van der Waals surface area contributed by atoms with Crippen LogP contribution in [0.3, 0.4) is 0 Å². The number of benzene rings is 1. The molecule has 1 aromatic carbocycles. The van der Waals surface area contributed by atoms with Crippen molar-refractivity contribution in [3.8, 4) is 0 Å². The maximum atomic E-state index is 5.57. The van der Waals surface area contributed by atoms with Crippen molar-refractivity contribution in [1.82, 2.24) is 5.32 Å². The Bertz CT molecular complexity index is 587. The first-order valence-corrected chi connectivity index (χ1v) is 9.55. The molecular formula is C20H28N2S. The van der Waals surface area contributed by atoms with Gasteiger partial charge in [0.1, 0.15) is 0 Å². The van der Waals surface area contributed by atoms with Crippen LogP contribution in [0.2, 0.25) is 0 Å². The molecule has 0 radical (unpaired) electrons. The number of aryl methyl sites for hydroxylation is 1. The Labute approximate surface area is 145 Å². The molecule has 3 heteroatoms. The normalized spacial score (nSPS) is 34.4. The predicted molar refractivity (Wildman–Crippen MR) is 101 cm³/mol. The molecule has 0 aromatic heterocycles. The molecule has 2 N–H and O–H groups in total. The van der Waals surface area contributed by atoms with Crippen molar-refractivity contribution in [3.05, 3.63) is 29.3 Å². The van der Waals surface area contributed by atoms with Gasteiger partial charge in [-0.05, 0) is 105 Å². The molecule has 0 heterocycles. The first kappa shape index (κ1) is 15.4. The van der Waals surface area contributed by atoms with E-state index in [0.29, 0.717) is 5.41 Å². The van der Waals surface area contributed by atoms with Crippen molar-refractivity contribution >= 4 is 23.0 Å². The molecule has 124 valence electrons. The quantitative estimate of drug-likeness (QED) is 0.779. The highest BCUT2D eigenvalue weighted by molar-refractivity contribution is 7.80. The smallest absolute Gasteiger partial charge is 0.170 e. The highest BCUT2D eigenvalue weighted by Gasteiger charge is 2.50. The fraction of sp³-hybridized carbons (Fsp3) is 0.650. The summed E-state index contributed by atoms with van der Waals surface area (Å²) in [5.41, 5.74) is 4.25. The number of thiocarbonyl (C=S) groups is 1. The molecule has 5 rings (SSSR count). The highest BCUT2D eigenvalue weighted by atomic mass is 32.1. The topological polar surface area (TPSA) is 24.1 Å². The van der Waals surface area contributed by atoms with Gasteiger partial charge in [0, 0.05) is 12.2 Å². The maximum absolute atomic E-state index is 5.57. The molecule has 0 amide bonds. The van der Waals surface area contributed by atoms with E-state index in [0.717, 1.165) is 35.1 Å². The monoisotopic (exact) mass is 328 g/mol. The first-order chi connectivity index (χ1) is 11.0. The summed E-state index contributed by atoms with van der Waals surface area (Å²) >= 11 is 5.57. The fourth-order valence-electron chi connectivity index (χ4n) is 5.83. The molecule has 2 nitrogen and oxygen atoms in total. The lowest BCUT2D eigenvalue weighted by molar-refractivity contribution is -0.0490. The van der Waals surface area contributed by atoms with Crippen LogP contribution >= 0.6 is 12.2 Å². The molecule has 4 fully saturated rings. The van der Waals surface area contributed by atoms with Crippen LogP contribution in [0.5, 0.6) is 0 Å². The third-order valence-corrected chi connectivity index (χ3v) is 6.89. The Balaban J connectivity index is 1.37. The van der Waals surface area contributed by atoms with Gasteiger partial charge in [-0.25, -0.2) is 0 Å². The van der Waals surface area contributed by atoms with E-state index in [-0.39, 0.29) is 0 Å². The summed E-state index contributed by atoms with van der Waals surface area (Å²) in [5, 5.41) is 7.75. The van der Waals surface area contributed by atoms with E-state index >= 15 is 0 Å². The van der Waals surface area contributed by atoms with Crippen LogP contribution in [-0.2, 0) is 0 Å². The van der Waals surface area contributed by atoms with Gasteiger partial charge in [0.2, 0.25) is 0 Å². The van der Waals surface area contributed by atoms with Gasteiger partial charge in [0.05, 0.1) is 0 Å². The van der Waals surface area contributed by atoms with E-state index in [1.807, 2.05) is 0 Å². The van der Waals surface area contributed by atoms with Gasteiger partial charge in [-0.15, -0.1) is 0 Å². The lowest BCUT2D eigenvalue weighted by Gasteiger charge is -2.57. The zero-order chi connectivity index (χ0) is 16.0. The van der Waals surface area contributed by atoms with Gasteiger partial charge >= 0.3 is 0 Å². The van der Waals surface area contributed by atoms with Crippen molar-refractivity contribution in [3.63, 3.8) is 0 Å². The van der Waals surface area contributed by atoms with Crippen molar-refractivity contribution in [2.45, 2.75) is 52.4 Å². The van der Waals surface area contributed by atoms with E-state index in [4.69, 9.17) is 12.2 Å². The summed E-state index contributed by atoms with van der Waals surface area (Å²) in [6.07, 6.45) is 8.80. The second-order valence-electron chi connectivity index (χ2n) is 8.47. The van der Waals surface area contributed by atoms with E-state index < -0.39 is 0 Å². The second-order valence-corrected chi connectivity index (χ2v) is 8.88. The maximum Gasteiger partial charge on any atom is 0.170 e.